The monoisotopic (exact) mass is 296 g/mol. The van der Waals surface area contributed by atoms with E-state index in [0.717, 1.165) is 6.42 Å². The van der Waals surface area contributed by atoms with Crippen molar-refractivity contribution in [2.24, 2.45) is 0 Å². The Morgan fingerprint density at radius 2 is 1.67 bits per heavy atom. The van der Waals surface area contributed by atoms with Crippen LogP contribution in [0.2, 0.25) is 0 Å². The molecule has 55 valence electrons. The van der Waals surface area contributed by atoms with Crippen LogP contribution in [0.15, 0.2) is 0 Å². The van der Waals surface area contributed by atoms with Crippen molar-refractivity contribution < 1.29 is 22.4 Å². The second kappa shape index (κ2) is 23.4. The molecule has 0 saturated carbocycles. The van der Waals surface area contributed by atoms with E-state index in [-0.39, 0.29) is 22.4 Å². The Morgan fingerprint density at radius 1 is 1.33 bits per heavy atom. The van der Waals surface area contributed by atoms with Crippen molar-refractivity contribution in [2.75, 3.05) is 14.1 Å². The van der Waals surface area contributed by atoms with Crippen molar-refractivity contribution in [3.05, 3.63) is 12.2 Å². The van der Waals surface area contributed by atoms with E-state index in [1.807, 2.05) is 0 Å². The minimum atomic E-state index is 0. The summed E-state index contributed by atoms with van der Waals surface area (Å²) in [6.45, 7) is 5.85. The molecule has 0 atom stereocenters. The van der Waals surface area contributed by atoms with Crippen LogP contribution in [-0.4, -0.2) is 14.1 Å². The van der Waals surface area contributed by atoms with Crippen LogP contribution in [0.25, 0.3) is 5.32 Å². The van der Waals surface area contributed by atoms with Crippen molar-refractivity contribution in [3.63, 3.8) is 0 Å². The third-order valence-electron chi connectivity index (χ3n) is 0.604. The smallest absolute Gasteiger partial charge is 0.668 e. The molecule has 0 rings (SSSR count). The van der Waals surface area contributed by atoms with Gasteiger partial charge in [-0.15, -0.1) is 0 Å². The number of rotatable bonds is 2. The molecule has 0 aromatic rings. The Labute approximate surface area is 75.1 Å². The van der Waals surface area contributed by atoms with E-state index in [4.69, 9.17) is 0 Å². The van der Waals surface area contributed by atoms with Gasteiger partial charge in [-0.3, -0.25) is 0 Å². The molecule has 2 heteroatoms. The standard InChI is InChI=1S/C5H11.C2H6N.Ta/c1-3-5-4-2;1-3-2;/h1,3-5H2,2H3;1-2H3;/q2*-1;+2. The van der Waals surface area contributed by atoms with E-state index in [0.29, 0.717) is 0 Å². The van der Waals surface area contributed by atoms with Gasteiger partial charge in [-0.2, -0.15) is 20.5 Å². The van der Waals surface area contributed by atoms with Gasteiger partial charge < -0.3 is 12.2 Å². The predicted octanol–water partition coefficient (Wildman–Crippen LogP) is 2.63. The number of hydrogen-bond acceptors (Lipinski definition) is 0. The molecule has 1 radical (unpaired) electrons. The molecule has 0 amide bonds. The molecule has 0 aliphatic rings. The largest absolute Gasteiger partial charge is 2.00 e. The van der Waals surface area contributed by atoms with Gasteiger partial charge in [-0.05, 0) is 0 Å². The first-order chi connectivity index (χ1) is 3.83. The number of unbranched alkanes of at least 4 members (excludes halogenated alkanes) is 2. The summed E-state index contributed by atoms with van der Waals surface area (Å²) < 4.78 is 0. The molecule has 0 saturated heterocycles. The maximum Gasteiger partial charge on any atom is 2.00 e. The molecule has 9 heavy (non-hydrogen) atoms. The number of nitrogens with zero attached hydrogens (tertiary/aromatic N) is 1. The predicted molar refractivity (Wildman–Crippen MR) is 40.1 cm³/mol. The molecule has 0 bridgehead atoms. The Balaban J connectivity index is -0.0000000800. The summed E-state index contributed by atoms with van der Waals surface area (Å²) in [5.74, 6) is 0. The normalized spacial score (nSPS) is 6.67. The van der Waals surface area contributed by atoms with Gasteiger partial charge in [0.2, 0.25) is 0 Å². The van der Waals surface area contributed by atoms with Crippen molar-refractivity contribution in [1.82, 2.24) is 0 Å². The molecule has 0 fully saturated rings. The fourth-order valence-electron chi connectivity index (χ4n) is 0.250. The maximum atomic E-state index is 3.68. The van der Waals surface area contributed by atoms with Gasteiger partial charge in [0, 0.05) is 0 Å². The first-order valence-electron chi connectivity index (χ1n) is 3.10. The first kappa shape index (κ1) is 16.4. The van der Waals surface area contributed by atoms with E-state index in [1.54, 1.807) is 14.1 Å². The quantitative estimate of drug-likeness (QED) is 0.696. The zero-order valence-corrected chi connectivity index (χ0v) is 9.94. The molecule has 0 spiro atoms. The average Bonchev–Trinajstić information content (AvgIpc) is 1.71. The molecule has 0 aliphatic carbocycles. The van der Waals surface area contributed by atoms with E-state index >= 15 is 0 Å². The van der Waals surface area contributed by atoms with E-state index in [9.17, 15) is 0 Å². The average molecular weight is 296 g/mol. The van der Waals surface area contributed by atoms with Crippen LogP contribution < -0.4 is 0 Å². The second-order valence-corrected chi connectivity index (χ2v) is 1.65. The molecule has 1 nitrogen and oxygen atoms in total. The van der Waals surface area contributed by atoms with Crippen LogP contribution in [0.3, 0.4) is 0 Å². The molecule has 0 aromatic carbocycles. The van der Waals surface area contributed by atoms with Gasteiger partial charge in [0.05, 0.1) is 0 Å². The van der Waals surface area contributed by atoms with Crippen molar-refractivity contribution in [3.8, 4) is 0 Å². The molecule has 0 N–H and O–H groups in total. The maximum absolute atomic E-state index is 3.68. The zero-order chi connectivity index (χ0) is 6.83. The molecule has 0 heterocycles. The summed E-state index contributed by atoms with van der Waals surface area (Å²) in [5, 5.41) is 3.50. The third kappa shape index (κ3) is 53.6. The summed E-state index contributed by atoms with van der Waals surface area (Å²) in [6.07, 6.45) is 3.65. The summed E-state index contributed by atoms with van der Waals surface area (Å²) in [7, 11) is 3.50. The Hall–Kier alpha value is 0.700. The van der Waals surface area contributed by atoms with Crippen molar-refractivity contribution in [1.29, 1.82) is 0 Å². The van der Waals surface area contributed by atoms with E-state index in [2.05, 4.69) is 19.2 Å². The molecule has 0 unspecified atom stereocenters. The van der Waals surface area contributed by atoms with Gasteiger partial charge in [-0.25, -0.2) is 0 Å². The minimum Gasteiger partial charge on any atom is -0.668 e. The summed E-state index contributed by atoms with van der Waals surface area (Å²) in [4.78, 5) is 0. The van der Waals surface area contributed by atoms with E-state index in [1.165, 1.54) is 12.8 Å². The molecular formula is C7H17NTa. The SMILES string of the molecule is C[N-]C.[CH2-]CCCC.[Ta+2]. The molecule has 0 aliphatic heterocycles. The Morgan fingerprint density at radius 3 is 1.67 bits per heavy atom. The van der Waals surface area contributed by atoms with Crippen LogP contribution in [0.5, 0.6) is 0 Å². The van der Waals surface area contributed by atoms with Gasteiger partial charge in [0.15, 0.2) is 0 Å². The van der Waals surface area contributed by atoms with Gasteiger partial charge in [-0.1, -0.05) is 19.8 Å². The molecular weight excluding hydrogens is 279 g/mol. The van der Waals surface area contributed by atoms with Gasteiger partial charge in [0.25, 0.3) is 0 Å². The topological polar surface area (TPSA) is 14.1 Å². The summed E-state index contributed by atoms with van der Waals surface area (Å²) in [5.41, 5.74) is 0. The van der Waals surface area contributed by atoms with Crippen LogP contribution in [-0.2, 0) is 22.4 Å². The van der Waals surface area contributed by atoms with Crippen molar-refractivity contribution in [2.45, 2.75) is 26.2 Å². The summed E-state index contributed by atoms with van der Waals surface area (Å²) >= 11 is 0. The van der Waals surface area contributed by atoms with E-state index < -0.39 is 0 Å². The van der Waals surface area contributed by atoms with Crippen LogP contribution in [0.1, 0.15) is 26.2 Å². The van der Waals surface area contributed by atoms with Crippen LogP contribution in [0, 0.1) is 6.92 Å². The Kier molecular flexibility index (Phi) is 42.4. The fourth-order valence-corrected chi connectivity index (χ4v) is 0.250. The third-order valence-corrected chi connectivity index (χ3v) is 0.604. The first-order valence-corrected chi connectivity index (χ1v) is 3.10. The van der Waals surface area contributed by atoms with Crippen LogP contribution >= 0.6 is 0 Å². The minimum absolute atomic E-state index is 0. The number of hydrogen-bond donors (Lipinski definition) is 0. The molecule has 0 aromatic heterocycles. The second-order valence-electron chi connectivity index (χ2n) is 1.65. The van der Waals surface area contributed by atoms with Gasteiger partial charge in [0.1, 0.15) is 0 Å². The zero-order valence-electron chi connectivity index (χ0n) is 6.72. The Bertz CT molecular complexity index is 22.9. The van der Waals surface area contributed by atoms with Gasteiger partial charge >= 0.3 is 22.4 Å². The van der Waals surface area contributed by atoms with Crippen LogP contribution in [0.4, 0.5) is 0 Å². The fraction of sp³-hybridized carbons (Fsp3) is 0.857. The summed E-state index contributed by atoms with van der Waals surface area (Å²) in [6, 6.07) is 0. The van der Waals surface area contributed by atoms with Crippen molar-refractivity contribution >= 4 is 0 Å².